The van der Waals surface area contributed by atoms with Gasteiger partial charge in [-0.2, -0.15) is 0 Å². The first-order chi connectivity index (χ1) is 6.35. The van der Waals surface area contributed by atoms with Crippen molar-refractivity contribution >= 4 is 11.9 Å². The molecule has 14 heavy (non-hydrogen) atoms. The van der Waals surface area contributed by atoms with Crippen molar-refractivity contribution in [2.45, 2.75) is 39.2 Å². The standard InChI is InChI=1S/C9H17NO4/c1-9(2,3)14-8(12)5-4-7(11)13-6-10/h4-6,10H2,1-3H3. The molecule has 0 aromatic heterocycles. The number of carbonyl (C=O) groups is 2. The van der Waals surface area contributed by atoms with E-state index in [0.717, 1.165) is 0 Å². The maximum atomic E-state index is 11.1. The number of nitrogens with two attached hydrogens (primary N) is 1. The molecule has 0 aliphatic carbocycles. The Morgan fingerprint density at radius 1 is 1.14 bits per heavy atom. The summed E-state index contributed by atoms with van der Waals surface area (Å²) < 4.78 is 9.44. The molecule has 0 bridgehead atoms. The van der Waals surface area contributed by atoms with Crippen LogP contribution in [0.25, 0.3) is 0 Å². The van der Waals surface area contributed by atoms with Crippen molar-refractivity contribution in [2.75, 3.05) is 6.73 Å². The minimum atomic E-state index is -0.519. The molecular weight excluding hydrogens is 186 g/mol. The zero-order chi connectivity index (χ0) is 11.2. The molecule has 5 nitrogen and oxygen atoms in total. The Bertz CT molecular complexity index is 207. The molecule has 0 unspecified atom stereocenters. The summed E-state index contributed by atoms with van der Waals surface area (Å²) in [6.45, 7) is 5.14. The van der Waals surface area contributed by atoms with E-state index in [0.29, 0.717) is 0 Å². The van der Waals surface area contributed by atoms with Crippen LogP contribution in [0.5, 0.6) is 0 Å². The van der Waals surface area contributed by atoms with Gasteiger partial charge in [0, 0.05) is 0 Å². The minimum absolute atomic E-state index is 0.00606. The Hall–Kier alpha value is -1.10. The van der Waals surface area contributed by atoms with Crippen LogP contribution in [-0.4, -0.2) is 24.3 Å². The fourth-order valence-electron chi connectivity index (χ4n) is 0.762. The predicted molar refractivity (Wildman–Crippen MR) is 50.2 cm³/mol. The third-order valence-corrected chi connectivity index (χ3v) is 1.20. The average Bonchev–Trinajstić information content (AvgIpc) is 1.98. The molecule has 0 aromatic rings. The number of esters is 2. The predicted octanol–water partition coefficient (Wildman–Crippen LogP) is 0.568. The zero-order valence-corrected chi connectivity index (χ0v) is 8.83. The molecule has 0 saturated carbocycles. The van der Waals surface area contributed by atoms with Crippen LogP contribution in [0, 0.1) is 0 Å². The lowest BCUT2D eigenvalue weighted by atomic mass is 10.2. The molecule has 2 N–H and O–H groups in total. The summed E-state index contributed by atoms with van der Waals surface area (Å²) >= 11 is 0. The number of ether oxygens (including phenoxy) is 2. The van der Waals surface area contributed by atoms with Crippen LogP contribution in [0.15, 0.2) is 0 Å². The van der Waals surface area contributed by atoms with Crippen molar-refractivity contribution in [1.29, 1.82) is 0 Å². The van der Waals surface area contributed by atoms with Crippen molar-refractivity contribution < 1.29 is 19.1 Å². The van der Waals surface area contributed by atoms with Crippen molar-refractivity contribution in [2.24, 2.45) is 5.73 Å². The van der Waals surface area contributed by atoms with Crippen LogP contribution in [0.4, 0.5) is 0 Å². The van der Waals surface area contributed by atoms with E-state index in [2.05, 4.69) is 4.74 Å². The van der Waals surface area contributed by atoms with Gasteiger partial charge in [-0.15, -0.1) is 0 Å². The maximum absolute atomic E-state index is 11.1. The van der Waals surface area contributed by atoms with Crippen LogP contribution in [-0.2, 0) is 19.1 Å². The summed E-state index contributed by atoms with van der Waals surface area (Å²) in [4.78, 5) is 21.9. The van der Waals surface area contributed by atoms with E-state index in [-0.39, 0.29) is 19.6 Å². The fourth-order valence-corrected chi connectivity index (χ4v) is 0.762. The van der Waals surface area contributed by atoms with Gasteiger partial charge in [0.05, 0.1) is 12.8 Å². The smallest absolute Gasteiger partial charge is 0.307 e. The van der Waals surface area contributed by atoms with Crippen LogP contribution >= 0.6 is 0 Å². The molecule has 0 amide bonds. The number of hydrogen-bond acceptors (Lipinski definition) is 5. The van der Waals surface area contributed by atoms with E-state index in [1.165, 1.54) is 0 Å². The maximum Gasteiger partial charge on any atom is 0.307 e. The number of hydrogen-bond donors (Lipinski definition) is 1. The first kappa shape index (κ1) is 12.9. The average molecular weight is 203 g/mol. The summed E-state index contributed by atoms with van der Waals surface area (Å²) in [5.74, 6) is -0.898. The van der Waals surface area contributed by atoms with E-state index in [1.807, 2.05) is 0 Å². The zero-order valence-electron chi connectivity index (χ0n) is 8.83. The summed E-state index contributed by atoms with van der Waals surface area (Å²) in [5, 5.41) is 0. The summed E-state index contributed by atoms with van der Waals surface area (Å²) in [5.41, 5.74) is 4.46. The van der Waals surface area contributed by atoms with Gasteiger partial charge in [0.25, 0.3) is 0 Å². The molecule has 0 aliphatic heterocycles. The molecule has 0 radical (unpaired) electrons. The number of carbonyl (C=O) groups excluding carboxylic acids is 2. The van der Waals surface area contributed by atoms with Crippen molar-refractivity contribution in [3.05, 3.63) is 0 Å². The van der Waals surface area contributed by atoms with Gasteiger partial charge < -0.3 is 9.47 Å². The SMILES string of the molecule is CC(C)(C)OC(=O)CCC(=O)OCN. The molecule has 0 atom stereocenters. The van der Waals surface area contributed by atoms with E-state index in [9.17, 15) is 9.59 Å². The van der Waals surface area contributed by atoms with E-state index in [4.69, 9.17) is 10.5 Å². The van der Waals surface area contributed by atoms with Crippen molar-refractivity contribution in [1.82, 2.24) is 0 Å². The van der Waals surface area contributed by atoms with Gasteiger partial charge in [0.2, 0.25) is 0 Å². The third kappa shape index (κ3) is 7.54. The highest BCUT2D eigenvalue weighted by Gasteiger charge is 2.17. The molecule has 5 heteroatoms. The van der Waals surface area contributed by atoms with Crippen LogP contribution < -0.4 is 5.73 Å². The molecule has 0 aliphatic rings. The first-order valence-corrected chi connectivity index (χ1v) is 4.42. The molecule has 0 heterocycles. The van der Waals surface area contributed by atoms with Gasteiger partial charge >= 0.3 is 11.9 Å². The molecule has 0 aromatic carbocycles. The quantitative estimate of drug-likeness (QED) is 0.533. The third-order valence-electron chi connectivity index (χ3n) is 1.20. The van der Waals surface area contributed by atoms with Gasteiger partial charge in [-0.05, 0) is 20.8 Å². The molecule has 0 saturated heterocycles. The second-order valence-corrected chi connectivity index (χ2v) is 3.77. The van der Waals surface area contributed by atoms with Crippen LogP contribution in [0.1, 0.15) is 33.6 Å². The lowest BCUT2D eigenvalue weighted by molar-refractivity contribution is -0.158. The lowest BCUT2D eigenvalue weighted by Gasteiger charge is -2.19. The Morgan fingerprint density at radius 2 is 1.64 bits per heavy atom. The minimum Gasteiger partial charge on any atom is -0.460 e. The largest absolute Gasteiger partial charge is 0.460 e. The highest BCUT2D eigenvalue weighted by molar-refractivity contribution is 5.77. The van der Waals surface area contributed by atoms with Crippen molar-refractivity contribution in [3.63, 3.8) is 0 Å². The number of rotatable bonds is 4. The van der Waals surface area contributed by atoms with E-state index >= 15 is 0 Å². The lowest BCUT2D eigenvalue weighted by Crippen LogP contribution is -2.24. The van der Waals surface area contributed by atoms with Crippen LogP contribution in [0.3, 0.4) is 0 Å². The molecule has 0 spiro atoms. The van der Waals surface area contributed by atoms with Gasteiger partial charge in [0.15, 0.2) is 0 Å². The van der Waals surface area contributed by atoms with Crippen molar-refractivity contribution in [3.8, 4) is 0 Å². The molecule has 0 fully saturated rings. The monoisotopic (exact) mass is 203 g/mol. The van der Waals surface area contributed by atoms with Crippen LogP contribution in [0.2, 0.25) is 0 Å². The topological polar surface area (TPSA) is 78.6 Å². The Balaban J connectivity index is 3.70. The summed E-state index contributed by atoms with van der Waals surface area (Å²) in [6.07, 6.45) is 0.0300. The molecule has 82 valence electrons. The Labute approximate surface area is 83.5 Å². The first-order valence-electron chi connectivity index (χ1n) is 4.42. The summed E-state index contributed by atoms with van der Waals surface area (Å²) in [6, 6.07) is 0. The summed E-state index contributed by atoms with van der Waals surface area (Å²) in [7, 11) is 0. The Morgan fingerprint density at radius 3 is 2.07 bits per heavy atom. The fraction of sp³-hybridized carbons (Fsp3) is 0.778. The Kier molecular flexibility index (Phi) is 5.15. The normalized spacial score (nSPS) is 10.9. The van der Waals surface area contributed by atoms with Gasteiger partial charge in [-0.3, -0.25) is 15.3 Å². The highest BCUT2D eigenvalue weighted by Crippen LogP contribution is 2.09. The molecule has 0 rings (SSSR count). The van der Waals surface area contributed by atoms with Gasteiger partial charge in [-0.25, -0.2) is 0 Å². The van der Waals surface area contributed by atoms with Gasteiger partial charge in [-0.1, -0.05) is 0 Å². The van der Waals surface area contributed by atoms with Gasteiger partial charge in [0.1, 0.15) is 12.3 Å². The second-order valence-electron chi connectivity index (χ2n) is 3.77. The second kappa shape index (κ2) is 5.59. The molecular formula is C9H17NO4. The highest BCUT2D eigenvalue weighted by atomic mass is 16.6. The van der Waals surface area contributed by atoms with E-state index < -0.39 is 17.5 Å². The van der Waals surface area contributed by atoms with E-state index in [1.54, 1.807) is 20.8 Å².